The van der Waals surface area contributed by atoms with E-state index < -0.39 is 0 Å². The molecule has 5 nitrogen and oxygen atoms in total. The maximum Gasteiger partial charge on any atom is 0.329 e. The highest BCUT2D eigenvalue weighted by atomic mass is 35.5. The molecular weight excluding hydrogens is 194 g/mol. The van der Waals surface area contributed by atoms with E-state index in [0.717, 1.165) is 25.9 Å². The predicted molar refractivity (Wildman–Crippen MR) is 46.5 cm³/mol. The summed E-state index contributed by atoms with van der Waals surface area (Å²) in [6.45, 7) is 1.79. The van der Waals surface area contributed by atoms with Gasteiger partial charge in [-0.15, -0.1) is 0 Å². The Kier molecular flexibility index (Phi) is 2.26. The van der Waals surface area contributed by atoms with Gasteiger partial charge in [0.25, 0.3) is 0 Å². The summed E-state index contributed by atoms with van der Waals surface area (Å²) in [6.07, 6.45) is 3.45. The van der Waals surface area contributed by atoms with Crippen LogP contribution in [0.5, 0.6) is 0 Å². The van der Waals surface area contributed by atoms with Gasteiger partial charge < -0.3 is 10.1 Å². The predicted octanol–water partition coefficient (Wildman–Crippen LogP) is 0.952. The summed E-state index contributed by atoms with van der Waals surface area (Å²) >= 11 is 5.69. The van der Waals surface area contributed by atoms with Gasteiger partial charge in [-0.05, 0) is 35.8 Å². The van der Waals surface area contributed by atoms with Crippen molar-refractivity contribution < 1.29 is 9.53 Å². The van der Waals surface area contributed by atoms with Crippen LogP contribution in [0.3, 0.4) is 0 Å². The van der Waals surface area contributed by atoms with Gasteiger partial charge in [0.2, 0.25) is 0 Å². The molecule has 0 unspecified atom stereocenters. The van der Waals surface area contributed by atoms with Crippen LogP contribution in [0.1, 0.15) is 19.3 Å². The average Bonchev–Trinajstić information content (AvgIpc) is 2.49. The number of hydrogen-bond donors (Lipinski definition) is 0. The molecule has 6 heteroatoms. The third kappa shape index (κ3) is 1.56. The van der Waals surface area contributed by atoms with Crippen molar-refractivity contribution in [1.29, 1.82) is 0 Å². The molecule has 1 saturated heterocycles. The van der Waals surface area contributed by atoms with Crippen LogP contribution in [0, 0.1) is 5.21 Å². The molecule has 1 aromatic heterocycles. The maximum atomic E-state index is 10.8. The number of aromatic nitrogens is 2. The molecule has 1 aliphatic rings. The topological polar surface area (TPSA) is 56.2 Å². The number of nitrogens with zero attached hydrogens (tertiary/aromatic N) is 3. The van der Waals surface area contributed by atoms with Crippen molar-refractivity contribution in [3.8, 4) is 0 Å². The number of anilines is 1. The fourth-order valence-electron chi connectivity index (χ4n) is 1.52. The van der Waals surface area contributed by atoms with Crippen LogP contribution in [-0.2, 0) is 0 Å². The first-order valence-electron chi connectivity index (χ1n) is 4.29. The fourth-order valence-corrected chi connectivity index (χ4v) is 1.71. The first-order valence-corrected chi connectivity index (χ1v) is 4.67. The van der Waals surface area contributed by atoms with Crippen LogP contribution in [-0.4, -0.2) is 18.2 Å². The molecule has 1 aromatic rings. The number of hydrogen-bond acceptors (Lipinski definition) is 4. The van der Waals surface area contributed by atoms with Gasteiger partial charge in [-0.25, -0.2) is 0 Å². The number of rotatable bonds is 1. The van der Waals surface area contributed by atoms with E-state index in [0.29, 0.717) is 5.82 Å². The van der Waals surface area contributed by atoms with E-state index in [1.165, 1.54) is 6.42 Å². The lowest BCUT2D eigenvalue weighted by Crippen LogP contribution is -2.31. The molecule has 0 radical (unpaired) electrons. The Balaban J connectivity index is 2.18. The van der Waals surface area contributed by atoms with E-state index in [1.54, 1.807) is 0 Å². The van der Waals surface area contributed by atoms with Gasteiger partial charge in [0.05, 0.1) is 5.16 Å². The standard InChI is InChI=1S/C7H10ClN3O2/c8-6-7(9-13-11(6)12)10-4-2-1-3-5-10/h1-5H2. The molecule has 0 saturated carbocycles. The smallest absolute Gasteiger partial charge is 0.329 e. The molecule has 0 N–H and O–H groups in total. The molecule has 0 spiro atoms. The van der Waals surface area contributed by atoms with Gasteiger partial charge in [-0.2, -0.15) is 0 Å². The third-order valence-electron chi connectivity index (χ3n) is 2.20. The Bertz CT molecular complexity index is 296. The average molecular weight is 204 g/mol. The van der Waals surface area contributed by atoms with Crippen LogP contribution in [0.4, 0.5) is 5.82 Å². The van der Waals surface area contributed by atoms with E-state index in [4.69, 9.17) is 11.6 Å². The first-order chi connectivity index (χ1) is 6.29. The second-order valence-corrected chi connectivity index (χ2v) is 3.45. The minimum atomic E-state index is 0.0295. The molecule has 0 atom stereocenters. The highest BCUT2D eigenvalue weighted by molar-refractivity contribution is 6.30. The highest BCUT2D eigenvalue weighted by Crippen LogP contribution is 2.22. The van der Waals surface area contributed by atoms with Crippen molar-refractivity contribution in [1.82, 2.24) is 5.16 Å². The summed E-state index contributed by atoms with van der Waals surface area (Å²) in [7, 11) is 0. The van der Waals surface area contributed by atoms with E-state index in [-0.39, 0.29) is 10.1 Å². The highest BCUT2D eigenvalue weighted by Gasteiger charge is 2.24. The van der Waals surface area contributed by atoms with Crippen molar-refractivity contribution in [2.24, 2.45) is 0 Å². The lowest BCUT2D eigenvalue weighted by atomic mass is 10.1. The number of piperidine rings is 1. The van der Waals surface area contributed by atoms with E-state index >= 15 is 0 Å². The van der Waals surface area contributed by atoms with Gasteiger partial charge in [-0.3, -0.25) is 4.63 Å². The zero-order valence-corrected chi connectivity index (χ0v) is 7.83. The minimum absolute atomic E-state index is 0.0295. The van der Waals surface area contributed by atoms with Crippen LogP contribution in [0.25, 0.3) is 0 Å². The van der Waals surface area contributed by atoms with Crippen LogP contribution >= 0.6 is 11.6 Å². The van der Waals surface area contributed by atoms with Crippen molar-refractivity contribution in [2.45, 2.75) is 19.3 Å². The van der Waals surface area contributed by atoms with Crippen molar-refractivity contribution >= 4 is 17.4 Å². The molecule has 1 aliphatic heterocycles. The first kappa shape index (κ1) is 8.62. The molecule has 2 heterocycles. The SMILES string of the molecule is [O-][n+]1onc(N2CCCCC2)c1Cl. The molecule has 0 aliphatic carbocycles. The van der Waals surface area contributed by atoms with Crippen molar-refractivity contribution in [3.63, 3.8) is 0 Å². The summed E-state index contributed by atoms with van der Waals surface area (Å²) in [5.74, 6) is 0.469. The molecule has 1 fully saturated rings. The van der Waals surface area contributed by atoms with Crippen LogP contribution < -0.4 is 9.80 Å². The summed E-state index contributed by atoms with van der Waals surface area (Å²) in [4.78, 5) is 2.20. The Hall–Kier alpha value is -0.970. The van der Waals surface area contributed by atoms with Gasteiger partial charge in [0.1, 0.15) is 0 Å². The summed E-state index contributed by atoms with van der Waals surface area (Å²) < 4.78 is 4.39. The Labute approximate surface area is 80.4 Å². The maximum absolute atomic E-state index is 10.8. The Morgan fingerprint density at radius 3 is 2.62 bits per heavy atom. The summed E-state index contributed by atoms with van der Waals surface area (Å²) in [6, 6.07) is 0. The van der Waals surface area contributed by atoms with Gasteiger partial charge in [0.15, 0.2) is 0 Å². The molecular formula is C7H10ClN3O2. The molecule has 2 rings (SSSR count). The summed E-state index contributed by atoms with van der Waals surface area (Å²) in [5.41, 5.74) is 0. The molecule has 72 valence electrons. The summed E-state index contributed by atoms with van der Waals surface area (Å²) in [5, 5.41) is 14.4. The second kappa shape index (κ2) is 3.41. The van der Waals surface area contributed by atoms with Crippen molar-refractivity contribution in [3.05, 3.63) is 10.4 Å². The lowest BCUT2D eigenvalue weighted by Gasteiger charge is -2.23. The molecule has 13 heavy (non-hydrogen) atoms. The number of halogens is 1. The van der Waals surface area contributed by atoms with Gasteiger partial charge in [0, 0.05) is 13.1 Å². The third-order valence-corrected chi connectivity index (χ3v) is 2.51. The Morgan fingerprint density at radius 2 is 2.08 bits per heavy atom. The van der Waals surface area contributed by atoms with Crippen LogP contribution in [0.15, 0.2) is 4.63 Å². The van der Waals surface area contributed by atoms with E-state index in [1.807, 2.05) is 4.90 Å². The minimum Gasteiger partial charge on any atom is -0.358 e. The Morgan fingerprint density at radius 1 is 1.38 bits per heavy atom. The van der Waals surface area contributed by atoms with Crippen LogP contribution in [0.2, 0.25) is 5.15 Å². The van der Waals surface area contributed by atoms with Gasteiger partial charge >= 0.3 is 11.0 Å². The fraction of sp³-hybridized carbons (Fsp3) is 0.714. The molecule has 0 amide bonds. The largest absolute Gasteiger partial charge is 0.358 e. The van der Waals surface area contributed by atoms with E-state index in [2.05, 4.69) is 9.79 Å². The lowest BCUT2D eigenvalue weighted by molar-refractivity contribution is -0.800. The van der Waals surface area contributed by atoms with Gasteiger partial charge in [-0.1, -0.05) is 0 Å². The van der Waals surface area contributed by atoms with E-state index in [9.17, 15) is 5.21 Å². The molecule has 0 bridgehead atoms. The van der Waals surface area contributed by atoms with Crippen molar-refractivity contribution in [2.75, 3.05) is 18.0 Å². The quantitative estimate of drug-likeness (QED) is 0.638. The second-order valence-electron chi connectivity index (χ2n) is 3.09. The zero-order chi connectivity index (χ0) is 9.26. The monoisotopic (exact) mass is 203 g/mol. The zero-order valence-electron chi connectivity index (χ0n) is 7.07. The normalized spacial score (nSPS) is 17.8. The molecule has 0 aromatic carbocycles.